The number of likely N-dealkylation sites (N-methyl/N-ethyl adjacent to an activating group) is 1. The number of para-hydroxylation sites is 1. The SMILES string of the molecule is CCN1CCN(c2ccc(Nc3c4ccccc4nc4cc(Cl)ccc34)cc2)CC1. The first kappa shape index (κ1) is 19.2. The quantitative estimate of drug-likeness (QED) is 0.418. The molecule has 0 saturated carbocycles. The highest BCUT2D eigenvalue weighted by molar-refractivity contribution is 6.31. The molecule has 2 heterocycles. The van der Waals surface area contributed by atoms with E-state index in [-0.39, 0.29) is 0 Å². The zero-order valence-corrected chi connectivity index (χ0v) is 17.9. The second-order valence-corrected chi connectivity index (χ2v) is 8.20. The molecule has 0 unspecified atom stereocenters. The van der Waals surface area contributed by atoms with Gasteiger partial charge >= 0.3 is 0 Å². The molecule has 152 valence electrons. The Balaban J connectivity index is 1.46. The van der Waals surface area contributed by atoms with E-state index in [0.717, 1.165) is 65.9 Å². The third-order valence-corrected chi connectivity index (χ3v) is 6.20. The first-order valence-electron chi connectivity index (χ1n) is 10.5. The molecule has 4 aromatic rings. The number of aromatic nitrogens is 1. The minimum Gasteiger partial charge on any atom is -0.369 e. The lowest BCUT2D eigenvalue weighted by atomic mass is 10.1. The lowest BCUT2D eigenvalue weighted by Gasteiger charge is -2.35. The van der Waals surface area contributed by atoms with Gasteiger partial charge in [0, 0.05) is 53.3 Å². The molecule has 0 aliphatic carbocycles. The van der Waals surface area contributed by atoms with Gasteiger partial charge in [0.2, 0.25) is 0 Å². The normalized spacial score (nSPS) is 15.1. The molecule has 0 bridgehead atoms. The van der Waals surface area contributed by atoms with E-state index in [1.807, 2.05) is 30.3 Å². The van der Waals surface area contributed by atoms with Crippen molar-refractivity contribution in [1.82, 2.24) is 9.88 Å². The predicted octanol–water partition coefficient (Wildman–Crippen LogP) is 5.93. The van der Waals surface area contributed by atoms with Gasteiger partial charge in [-0.05, 0) is 55.1 Å². The molecule has 1 N–H and O–H groups in total. The fraction of sp³-hybridized carbons (Fsp3) is 0.240. The molecule has 1 fully saturated rings. The minimum atomic E-state index is 0.698. The first-order chi connectivity index (χ1) is 14.7. The Morgan fingerprint density at radius 1 is 0.867 bits per heavy atom. The van der Waals surface area contributed by atoms with Crippen LogP contribution in [-0.4, -0.2) is 42.6 Å². The molecular weight excluding hydrogens is 392 g/mol. The Morgan fingerprint density at radius 3 is 2.37 bits per heavy atom. The molecule has 0 amide bonds. The first-order valence-corrected chi connectivity index (χ1v) is 10.9. The topological polar surface area (TPSA) is 31.4 Å². The molecule has 3 aromatic carbocycles. The Morgan fingerprint density at radius 2 is 1.60 bits per heavy atom. The summed E-state index contributed by atoms with van der Waals surface area (Å²) in [5.74, 6) is 0. The standard InChI is InChI=1S/C25H25ClN4/c1-2-29-13-15-30(16-14-29)20-10-8-19(9-11-20)27-25-21-5-3-4-6-23(21)28-24-17-18(26)7-12-22(24)25/h3-12,17H,2,13-16H2,1H3,(H,27,28). The summed E-state index contributed by atoms with van der Waals surface area (Å²) in [4.78, 5) is 9.76. The Bertz CT molecular complexity index is 1180. The number of pyridine rings is 1. The summed E-state index contributed by atoms with van der Waals surface area (Å²) >= 11 is 6.22. The number of nitrogens with zero attached hydrogens (tertiary/aromatic N) is 3. The van der Waals surface area contributed by atoms with Crippen LogP contribution >= 0.6 is 11.6 Å². The number of rotatable bonds is 4. The summed E-state index contributed by atoms with van der Waals surface area (Å²) in [6, 6.07) is 22.9. The highest BCUT2D eigenvalue weighted by atomic mass is 35.5. The second-order valence-electron chi connectivity index (χ2n) is 7.76. The fourth-order valence-electron chi connectivity index (χ4n) is 4.22. The van der Waals surface area contributed by atoms with Crippen molar-refractivity contribution in [3.63, 3.8) is 0 Å². The van der Waals surface area contributed by atoms with Crippen LogP contribution in [0.3, 0.4) is 0 Å². The summed E-state index contributed by atoms with van der Waals surface area (Å²) in [5.41, 5.74) is 5.27. The van der Waals surface area contributed by atoms with Gasteiger partial charge in [0.1, 0.15) is 0 Å². The summed E-state index contributed by atoms with van der Waals surface area (Å²) in [6.45, 7) is 7.80. The van der Waals surface area contributed by atoms with Crippen LogP contribution in [0.4, 0.5) is 17.1 Å². The minimum absolute atomic E-state index is 0.698. The van der Waals surface area contributed by atoms with Crippen LogP contribution in [0.2, 0.25) is 5.02 Å². The molecule has 1 aromatic heterocycles. The van der Waals surface area contributed by atoms with Gasteiger partial charge in [0.25, 0.3) is 0 Å². The zero-order valence-electron chi connectivity index (χ0n) is 17.1. The fourth-order valence-corrected chi connectivity index (χ4v) is 4.39. The number of halogens is 1. The maximum absolute atomic E-state index is 6.22. The number of anilines is 3. The molecule has 1 aliphatic heterocycles. The molecule has 0 spiro atoms. The van der Waals surface area contributed by atoms with Gasteiger partial charge in [-0.2, -0.15) is 0 Å². The lowest BCUT2D eigenvalue weighted by Crippen LogP contribution is -2.46. The van der Waals surface area contributed by atoms with Crippen LogP contribution in [0.1, 0.15) is 6.92 Å². The zero-order chi connectivity index (χ0) is 20.5. The van der Waals surface area contributed by atoms with Crippen molar-refractivity contribution in [3.8, 4) is 0 Å². The maximum atomic E-state index is 6.22. The second kappa shape index (κ2) is 8.13. The Kier molecular flexibility index (Phi) is 5.19. The van der Waals surface area contributed by atoms with Crippen LogP contribution in [0.5, 0.6) is 0 Å². The van der Waals surface area contributed by atoms with Crippen molar-refractivity contribution in [2.75, 3.05) is 42.9 Å². The van der Waals surface area contributed by atoms with Gasteiger partial charge in [-0.3, -0.25) is 0 Å². The molecule has 0 atom stereocenters. The molecule has 5 rings (SSSR count). The lowest BCUT2D eigenvalue weighted by molar-refractivity contribution is 0.271. The number of hydrogen-bond acceptors (Lipinski definition) is 4. The average Bonchev–Trinajstić information content (AvgIpc) is 2.79. The molecule has 30 heavy (non-hydrogen) atoms. The maximum Gasteiger partial charge on any atom is 0.0745 e. The number of nitrogens with one attached hydrogen (secondary N) is 1. The number of piperazine rings is 1. The summed E-state index contributed by atoms with van der Waals surface area (Å²) < 4.78 is 0. The summed E-state index contributed by atoms with van der Waals surface area (Å²) in [7, 11) is 0. The monoisotopic (exact) mass is 416 g/mol. The van der Waals surface area contributed by atoms with Crippen LogP contribution in [0.15, 0.2) is 66.7 Å². The molecule has 5 heteroatoms. The van der Waals surface area contributed by atoms with Crippen LogP contribution in [0.25, 0.3) is 21.8 Å². The highest BCUT2D eigenvalue weighted by Gasteiger charge is 2.16. The molecule has 4 nitrogen and oxygen atoms in total. The summed E-state index contributed by atoms with van der Waals surface area (Å²) in [5, 5.41) is 6.52. The van der Waals surface area contributed by atoms with Gasteiger partial charge < -0.3 is 15.1 Å². The van der Waals surface area contributed by atoms with E-state index in [9.17, 15) is 0 Å². The van der Waals surface area contributed by atoms with E-state index in [2.05, 4.69) is 58.4 Å². The molecule has 1 saturated heterocycles. The van der Waals surface area contributed by atoms with E-state index in [0.29, 0.717) is 5.02 Å². The smallest absolute Gasteiger partial charge is 0.0745 e. The van der Waals surface area contributed by atoms with Crippen molar-refractivity contribution in [2.45, 2.75) is 6.92 Å². The third kappa shape index (κ3) is 3.69. The predicted molar refractivity (Wildman–Crippen MR) is 128 cm³/mol. The molecule has 1 aliphatic rings. The third-order valence-electron chi connectivity index (χ3n) is 5.96. The van der Waals surface area contributed by atoms with Crippen molar-refractivity contribution in [2.24, 2.45) is 0 Å². The van der Waals surface area contributed by atoms with Crippen LogP contribution in [-0.2, 0) is 0 Å². The van der Waals surface area contributed by atoms with Crippen molar-refractivity contribution < 1.29 is 0 Å². The van der Waals surface area contributed by atoms with Gasteiger partial charge in [-0.1, -0.05) is 36.7 Å². The number of hydrogen-bond donors (Lipinski definition) is 1. The van der Waals surface area contributed by atoms with Gasteiger partial charge in [0.05, 0.1) is 16.7 Å². The van der Waals surface area contributed by atoms with Gasteiger partial charge in [-0.25, -0.2) is 4.98 Å². The van der Waals surface area contributed by atoms with E-state index in [1.54, 1.807) is 0 Å². The van der Waals surface area contributed by atoms with Gasteiger partial charge in [-0.15, -0.1) is 0 Å². The van der Waals surface area contributed by atoms with Crippen molar-refractivity contribution >= 4 is 50.5 Å². The van der Waals surface area contributed by atoms with Gasteiger partial charge in [0.15, 0.2) is 0 Å². The average molecular weight is 417 g/mol. The van der Waals surface area contributed by atoms with E-state index in [1.165, 1.54) is 5.69 Å². The largest absolute Gasteiger partial charge is 0.369 e. The molecular formula is C25H25ClN4. The Hall–Kier alpha value is -2.82. The van der Waals surface area contributed by atoms with Crippen molar-refractivity contribution in [1.29, 1.82) is 0 Å². The number of benzene rings is 3. The number of fused-ring (bicyclic) bond motifs is 2. The summed E-state index contributed by atoms with van der Waals surface area (Å²) in [6.07, 6.45) is 0. The highest BCUT2D eigenvalue weighted by Crippen LogP contribution is 2.34. The Labute approximate surface area is 182 Å². The van der Waals surface area contributed by atoms with E-state index < -0.39 is 0 Å². The molecule has 0 radical (unpaired) electrons. The van der Waals surface area contributed by atoms with E-state index in [4.69, 9.17) is 16.6 Å². The van der Waals surface area contributed by atoms with E-state index >= 15 is 0 Å². The van der Waals surface area contributed by atoms with Crippen LogP contribution < -0.4 is 10.2 Å². The van der Waals surface area contributed by atoms with Crippen LogP contribution in [0, 0.1) is 0 Å². The van der Waals surface area contributed by atoms with Crippen molar-refractivity contribution in [3.05, 3.63) is 71.8 Å².